The van der Waals surface area contributed by atoms with Gasteiger partial charge in [-0.05, 0) is 6.08 Å². The lowest BCUT2D eigenvalue weighted by atomic mass is 10.3. The van der Waals surface area contributed by atoms with E-state index in [1.165, 1.54) is 6.08 Å². The number of amides is 1. The summed E-state index contributed by atoms with van der Waals surface area (Å²) >= 11 is 0. The van der Waals surface area contributed by atoms with Crippen LogP contribution in [0.25, 0.3) is 0 Å². The highest BCUT2D eigenvalue weighted by Crippen LogP contribution is 1.93. The van der Waals surface area contributed by atoms with Crippen molar-refractivity contribution in [3.05, 3.63) is 12.7 Å². The summed E-state index contributed by atoms with van der Waals surface area (Å²) in [5.41, 5.74) is 0. The Morgan fingerprint density at radius 1 is 1.83 bits per heavy atom. The average Bonchev–Trinajstić information content (AvgIpc) is 2.16. The van der Waals surface area contributed by atoms with Crippen molar-refractivity contribution in [1.82, 2.24) is 10.6 Å². The molecule has 1 rings (SSSR count). The largest absolute Gasteiger partial charge is 0.374 e. The van der Waals surface area contributed by atoms with E-state index in [-0.39, 0.29) is 12.0 Å². The lowest BCUT2D eigenvalue weighted by Gasteiger charge is -2.23. The summed E-state index contributed by atoms with van der Waals surface area (Å²) in [6.45, 7) is 6.32. The molecule has 0 radical (unpaired) electrons. The third-order valence-electron chi connectivity index (χ3n) is 1.69. The smallest absolute Gasteiger partial charge is 0.243 e. The van der Waals surface area contributed by atoms with E-state index in [0.29, 0.717) is 13.2 Å². The standard InChI is InChI=1S/C8H14N2O2/c1-2-8(11)10-6-7-5-9-3-4-12-7/h2,7,9H,1,3-6H2,(H,10,11). The first kappa shape index (κ1) is 9.22. The normalized spacial score (nSPS) is 23.2. The number of rotatable bonds is 3. The molecule has 1 amide bonds. The van der Waals surface area contributed by atoms with Crippen molar-refractivity contribution in [3.8, 4) is 0 Å². The number of carbonyl (C=O) groups excluding carboxylic acids is 1. The van der Waals surface area contributed by atoms with Crippen molar-refractivity contribution < 1.29 is 9.53 Å². The molecule has 1 heterocycles. The Balaban J connectivity index is 2.12. The summed E-state index contributed by atoms with van der Waals surface area (Å²) in [4.78, 5) is 10.7. The fourth-order valence-electron chi connectivity index (χ4n) is 1.04. The molecule has 1 saturated heterocycles. The lowest BCUT2D eigenvalue weighted by molar-refractivity contribution is -0.117. The second kappa shape index (κ2) is 4.90. The Bertz CT molecular complexity index is 164. The fraction of sp³-hybridized carbons (Fsp3) is 0.625. The highest BCUT2D eigenvalue weighted by atomic mass is 16.5. The molecule has 1 atom stereocenters. The first-order valence-corrected chi connectivity index (χ1v) is 4.05. The third-order valence-corrected chi connectivity index (χ3v) is 1.69. The maximum atomic E-state index is 10.7. The molecule has 0 aromatic heterocycles. The Morgan fingerprint density at radius 2 is 2.67 bits per heavy atom. The van der Waals surface area contributed by atoms with Crippen molar-refractivity contribution in [2.45, 2.75) is 6.10 Å². The number of carbonyl (C=O) groups is 1. The quantitative estimate of drug-likeness (QED) is 0.549. The summed E-state index contributed by atoms with van der Waals surface area (Å²) in [6.07, 6.45) is 1.36. The zero-order valence-electron chi connectivity index (χ0n) is 7.01. The third kappa shape index (κ3) is 3.02. The number of morpholine rings is 1. The summed E-state index contributed by atoms with van der Waals surface area (Å²) < 4.78 is 5.36. The van der Waals surface area contributed by atoms with Gasteiger partial charge in [-0.1, -0.05) is 6.58 Å². The van der Waals surface area contributed by atoms with Gasteiger partial charge in [0.15, 0.2) is 0 Å². The molecule has 0 aliphatic carbocycles. The van der Waals surface area contributed by atoms with Gasteiger partial charge in [-0.25, -0.2) is 0 Å². The zero-order valence-corrected chi connectivity index (χ0v) is 7.01. The van der Waals surface area contributed by atoms with Gasteiger partial charge in [0.05, 0.1) is 12.7 Å². The molecule has 1 fully saturated rings. The van der Waals surface area contributed by atoms with Gasteiger partial charge in [0, 0.05) is 19.6 Å². The molecule has 68 valence electrons. The van der Waals surface area contributed by atoms with Crippen LogP contribution in [0, 0.1) is 0 Å². The number of ether oxygens (including phenoxy) is 1. The van der Waals surface area contributed by atoms with Gasteiger partial charge < -0.3 is 15.4 Å². The number of hydrogen-bond acceptors (Lipinski definition) is 3. The van der Waals surface area contributed by atoms with Crippen molar-refractivity contribution in [2.24, 2.45) is 0 Å². The average molecular weight is 170 g/mol. The topological polar surface area (TPSA) is 50.4 Å². The number of nitrogens with one attached hydrogen (secondary N) is 2. The predicted molar refractivity (Wildman–Crippen MR) is 45.8 cm³/mol. The van der Waals surface area contributed by atoms with Crippen molar-refractivity contribution >= 4 is 5.91 Å². The predicted octanol–water partition coefficient (Wildman–Crippen LogP) is -0.723. The highest BCUT2D eigenvalue weighted by molar-refractivity contribution is 5.86. The minimum absolute atomic E-state index is 0.0997. The number of hydrogen-bond donors (Lipinski definition) is 2. The van der Waals surface area contributed by atoms with Crippen molar-refractivity contribution in [3.63, 3.8) is 0 Å². The van der Waals surface area contributed by atoms with Crippen LogP contribution in [0.4, 0.5) is 0 Å². The molecule has 0 saturated carbocycles. The van der Waals surface area contributed by atoms with Crippen LogP contribution < -0.4 is 10.6 Å². The van der Waals surface area contributed by atoms with Gasteiger partial charge >= 0.3 is 0 Å². The van der Waals surface area contributed by atoms with E-state index >= 15 is 0 Å². The summed E-state index contributed by atoms with van der Waals surface area (Å²) in [7, 11) is 0. The van der Waals surface area contributed by atoms with E-state index in [4.69, 9.17) is 4.74 Å². The Morgan fingerprint density at radius 3 is 3.25 bits per heavy atom. The van der Waals surface area contributed by atoms with E-state index in [1.54, 1.807) is 0 Å². The SMILES string of the molecule is C=CC(=O)NCC1CNCCO1. The lowest BCUT2D eigenvalue weighted by Crippen LogP contribution is -2.44. The van der Waals surface area contributed by atoms with E-state index in [9.17, 15) is 4.79 Å². The summed E-state index contributed by atoms with van der Waals surface area (Å²) in [6, 6.07) is 0. The van der Waals surface area contributed by atoms with Crippen LogP contribution in [0.15, 0.2) is 12.7 Å². The van der Waals surface area contributed by atoms with Crippen LogP contribution in [0.2, 0.25) is 0 Å². The van der Waals surface area contributed by atoms with Gasteiger partial charge in [-0.2, -0.15) is 0 Å². The molecule has 0 aromatic carbocycles. The zero-order chi connectivity index (χ0) is 8.81. The van der Waals surface area contributed by atoms with Crippen molar-refractivity contribution in [2.75, 3.05) is 26.2 Å². The maximum Gasteiger partial charge on any atom is 0.243 e. The van der Waals surface area contributed by atoms with E-state index < -0.39 is 0 Å². The molecule has 0 spiro atoms. The van der Waals surface area contributed by atoms with Crippen molar-refractivity contribution in [1.29, 1.82) is 0 Å². The Labute approximate surface area is 72.0 Å². The molecule has 0 bridgehead atoms. The van der Waals surface area contributed by atoms with E-state index in [2.05, 4.69) is 17.2 Å². The molecule has 4 heteroatoms. The first-order valence-electron chi connectivity index (χ1n) is 4.05. The second-order valence-electron chi connectivity index (χ2n) is 2.65. The molecule has 0 aromatic rings. The van der Waals surface area contributed by atoms with E-state index in [1.807, 2.05) is 0 Å². The molecule has 4 nitrogen and oxygen atoms in total. The van der Waals surface area contributed by atoms with Crippen LogP contribution in [0.3, 0.4) is 0 Å². The van der Waals surface area contributed by atoms with Crippen LogP contribution in [0.5, 0.6) is 0 Å². The van der Waals surface area contributed by atoms with Gasteiger partial charge in [-0.3, -0.25) is 4.79 Å². The monoisotopic (exact) mass is 170 g/mol. The molecule has 1 unspecified atom stereocenters. The van der Waals surface area contributed by atoms with Crippen LogP contribution >= 0.6 is 0 Å². The Kier molecular flexibility index (Phi) is 3.76. The Hall–Kier alpha value is -0.870. The highest BCUT2D eigenvalue weighted by Gasteiger charge is 2.12. The molecule has 1 aliphatic heterocycles. The van der Waals surface area contributed by atoms with Gasteiger partial charge in [-0.15, -0.1) is 0 Å². The summed E-state index contributed by atoms with van der Waals surface area (Å²) in [5, 5.41) is 5.85. The minimum Gasteiger partial charge on any atom is -0.374 e. The molecular weight excluding hydrogens is 156 g/mol. The summed E-state index contributed by atoms with van der Waals surface area (Å²) in [5.74, 6) is -0.149. The van der Waals surface area contributed by atoms with Gasteiger partial charge in [0.2, 0.25) is 5.91 Å². The first-order chi connectivity index (χ1) is 5.83. The van der Waals surface area contributed by atoms with Crippen LogP contribution in [0.1, 0.15) is 0 Å². The van der Waals surface area contributed by atoms with Gasteiger partial charge in [0.1, 0.15) is 0 Å². The molecule has 2 N–H and O–H groups in total. The fourth-order valence-corrected chi connectivity index (χ4v) is 1.04. The van der Waals surface area contributed by atoms with Crippen LogP contribution in [-0.4, -0.2) is 38.3 Å². The molecule has 12 heavy (non-hydrogen) atoms. The maximum absolute atomic E-state index is 10.7. The van der Waals surface area contributed by atoms with Gasteiger partial charge in [0.25, 0.3) is 0 Å². The minimum atomic E-state index is -0.149. The molecule has 1 aliphatic rings. The van der Waals surface area contributed by atoms with E-state index in [0.717, 1.165) is 13.1 Å². The second-order valence-corrected chi connectivity index (χ2v) is 2.65. The molecular formula is C8H14N2O2. The van der Waals surface area contributed by atoms with Crippen LogP contribution in [-0.2, 0) is 9.53 Å².